The van der Waals surface area contributed by atoms with Gasteiger partial charge in [-0.05, 0) is 47.2 Å². The van der Waals surface area contributed by atoms with E-state index >= 15 is 0 Å². The molecular formula is C20H14FN3O2S. The van der Waals surface area contributed by atoms with Crippen molar-refractivity contribution in [1.82, 2.24) is 10.2 Å². The van der Waals surface area contributed by atoms with Crippen LogP contribution in [-0.4, -0.2) is 21.9 Å². The Bertz CT molecular complexity index is 1100. The number of aromatic nitrogens is 2. The monoisotopic (exact) mass is 379 g/mol. The number of benzene rings is 3. The van der Waals surface area contributed by atoms with Crippen LogP contribution in [0.2, 0.25) is 0 Å². The highest BCUT2D eigenvalue weighted by atomic mass is 32.2. The van der Waals surface area contributed by atoms with Crippen molar-refractivity contribution in [3.63, 3.8) is 0 Å². The van der Waals surface area contributed by atoms with E-state index in [1.54, 1.807) is 12.1 Å². The molecule has 0 saturated heterocycles. The number of anilines is 1. The number of hydrogen-bond acceptors (Lipinski definition) is 5. The third-order valence-corrected chi connectivity index (χ3v) is 4.68. The van der Waals surface area contributed by atoms with E-state index in [2.05, 4.69) is 15.5 Å². The number of thioether (sulfide) groups is 1. The second-order valence-electron chi connectivity index (χ2n) is 5.78. The predicted octanol–water partition coefficient (Wildman–Crippen LogP) is 4.76. The summed E-state index contributed by atoms with van der Waals surface area (Å²) in [7, 11) is 0. The minimum Gasteiger partial charge on any atom is -0.411 e. The fraction of sp³-hybridized carbons (Fsp3) is 0.0500. The van der Waals surface area contributed by atoms with Crippen molar-refractivity contribution in [2.75, 3.05) is 11.1 Å². The molecule has 1 aromatic heterocycles. The van der Waals surface area contributed by atoms with Crippen molar-refractivity contribution in [1.29, 1.82) is 0 Å². The molecule has 0 bridgehead atoms. The molecule has 5 nitrogen and oxygen atoms in total. The number of hydrogen-bond donors (Lipinski definition) is 1. The Labute approximate surface area is 158 Å². The van der Waals surface area contributed by atoms with Crippen LogP contribution in [0.15, 0.2) is 76.4 Å². The van der Waals surface area contributed by atoms with E-state index in [0.717, 1.165) is 28.2 Å². The van der Waals surface area contributed by atoms with Crippen LogP contribution in [0, 0.1) is 5.82 Å². The average Bonchev–Trinajstić information content (AvgIpc) is 3.16. The van der Waals surface area contributed by atoms with E-state index in [1.807, 2.05) is 42.5 Å². The molecule has 0 spiro atoms. The summed E-state index contributed by atoms with van der Waals surface area (Å²) in [6, 6.07) is 19.5. The molecule has 134 valence electrons. The average molecular weight is 379 g/mol. The SMILES string of the molecule is O=C(CSc1nnc(-c2ccc(F)cc2)o1)Nc1ccc2ccccc2c1. The lowest BCUT2D eigenvalue weighted by Crippen LogP contribution is -2.13. The van der Waals surface area contributed by atoms with Crippen molar-refractivity contribution in [2.45, 2.75) is 5.22 Å². The van der Waals surface area contributed by atoms with Crippen LogP contribution >= 0.6 is 11.8 Å². The maximum absolute atomic E-state index is 13.0. The Morgan fingerprint density at radius 2 is 1.78 bits per heavy atom. The van der Waals surface area contributed by atoms with Crippen molar-refractivity contribution >= 4 is 34.1 Å². The van der Waals surface area contributed by atoms with Gasteiger partial charge in [-0.1, -0.05) is 42.1 Å². The second kappa shape index (κ2) is 7.59. The summed E-state index contributed by atoms with van der Waals surface area (Å²) in [5, 5.41) is 13.1. The van der Waals surface area contributed by atoms with Crippen molar-refractivity contribution in [3.8, 4) is 11.5 Å². The molecular weight excluding hydrogens is 365 g/mol. The number of carbonyl (C=O) groups is 1. The molecule has 4 aromatic rings. The lowest BCUT2D eigenvalue weighted by Gasteiger charge is -2.05. The van der Waals surface area contributed by atoms with Gasteiger partial charge in [0.05, 0.1) is 5.75 Å². The Hall–Kier alpha value is -3.19. The van der Waals surface area contributed by atoms with Crippen LogP contribution in [0.5, 0.6) is 0 Å². The zero-order valence-corrected chi connectivity index (χ0v) is 14.9. The van der Waals surface area contributed by atoms with Crippen LogP contribution in [0.4, 0.5) is 10.1 Å². The van der Waals surface area contributed by atoms with Gasteiger partial charge in [-0.3, -0.25) is 4.79 Å². The number of halogens is 1. The van der Waals surface area contributed by atoms with Crippen molar-refractivity contribution in [3.05, 3.63) is 72.5 Å². The topological polar surface area (TPSA) is 68.0 Å². The molecule has 0 atom stereocenters. The molecule has 0 fully saturated rings. The Morgan fingerprint density at radius 3 is 2.59 bits per heavy atom. The summed E-state index contributed by atoms with van der Waals surface area (Å²) < 4.78 is 18.5. The van der Waals surface area contributed by atoms with E-state index in [-0.39, 0.29) is 28.6 Å². The van der Waals surface area contributed by atoms with E-state index in [1.165, 1.54) is 12.1 Å². The van der Waals surface area contributed by atoms with Gasteiger partial charge in [-0.15, -0.1) is 10.2 Å². The molecule has 4 rings (SSSR count). The van der Waals surface area contributed by atoms with E-state index in [9.17, 15) is 9.18 Å². The Balaban J connectivity index is 1.37. The van der Waals surface area contributed by atoms with E-state index in [4.69, 9.17) is 4.42 Å². The van der Waals surface area contributed by atoms with Gasteiger partial charge in [0.2, 0.25) is 11.8 Å². The lowest BCUT2D eigenvalue weighted by atomic mass is 10.1. The zero-order valence-electron chi connectivity index (χ0n) is 14.1. The summed E-state index contributed by atoms with van der Waals surface area (Å²) in [6.45, 7) is 0. The van der Waals surface area contributed by atoms with Gasteiger partial charge in [0.25, 0.3) is 5.22 Å². The van der Waals surface area contributed by atoms with Crippen molar-refractivity contribution < 1.29 is 13.6 Å². The molecule has 27 heavy (non-hydrogen) atoms. The first kappa shape index (κ1) is 17.2. The van der Waals surface area contributed by atoms with Crippen LogP contribution in [0.25, 0.3) is 22.2 Å². The van der Waals surface area contributed by atoms with Gasteiger partial charge in [-0.2, -0.15) is 0 Å². The molecule has 0 aliphatic heterocycles. The fourth-order valence-corrected chi connectivity index (χ4v) is 3.13. The molecule has 3 aromatic carbocycles. The summed E-state index contributed by atoms with van der Waals surface area (Å²) in [6.07, 6.45) is 0. The summed E-state index contributed by atoms with van der Waals surface area (Å²) in [4.78, 5) is 12.2. The molecule has 0 aliphatic carbocycles. The third kappa shape index (κ3) is 4.15. The molecule has 1 heterocycles. The van der Waals surface area contributed by atoms with Gasteiger partial charge in [0.1, 0.15) is 5.82 Å². The summed E-state index contributed by atoms with van der Waals surface area (Å²) in [5.41, 5.74) is 1.35. The highest BCUT2D eigenvalue weighted by molar-refractivity contribution is 7.99. The zero-order chi connectivity index (χ0) is 18.6. The maximum atomic E-state index is 13.0. The minimum absolute atomic E-state index is 0.137. The smallest absolute Gasteiger partial charge is 0.277 e. The van der Waals surface area contributed by atoms with Crippen molar-refractivity contribution in [2.24, 2.45) is 0 Å². The minimum atomic E-state index is -0.335. The van der Waals surface area contributed by atoms with Crippen LogP contribution in [0.3, 0.4) is 0 Å². The first-order chi connectivity index (χ1) is 13.2. The standard InChI is InChI=1S/C20H14FN3O2S/c21-16-8-5-14(6-9-16)19-23-24-20(26-19)27-12-18(25)22-17-10-7-13-3-1-2-4-15(13)11-17/h1-11H,12H2,(H,22,25). The Kier molecular flexibility index (Phi) is 4.84. The number of carbonyl (C=O) groups excluding carboxylic acids is 1. The lowest BCUT2D eigenvalue weighted by molar-refractivity contribution is -0.113. The normalized spacial score (nSPS) is 10.9. The molecule has 1 N–H and O–H groups in total. The van der Waals surface area contributed by atoms with Crippen LogP contribution < -0.4 is 5.32 Å². The number of amides is 1. The maximum Gasteiger partial charge on any atom is 0.277 e. The van der Waals surface area contributed by atoms with Crippen LogP contribution in [0.1, 0.15) is 0 Å². The first-order valence-corrected chi connectivity index (χ1v) is 9.17. The second-order valence-corrected chi connectivity index (χ2v) is 6.71. The molecule has 0 aliphatic rings. The van der Waals surface area contributed by atoms with Gasteiger partial charge >= 0.3 is 0 Å². The number of rotatable bonds is 5. The predicted molar refractivity (Wildman–Crippen MR) is 103 cm³/mol. The van der Waals surface area contributed by atoms with Gasteiger partial charge in [0.15, 0.2) is 0 Å². The van der Waals surface area contributed by atoms with Gasteiger partial charge < -0.3 is 9.73 Å². The van der Waals surface area contributed by atoms with E-state index < -0.39 is 0 Å². The highest BCUT2D eigenvalue weighted by Gasteiger charge is 2.11. The molecule has 0 unspecified atom stereocenters. The first-order valence-electron chi connectivity index (χ1n) is 8.18. The number of nitrogens with one attached hydrogen (secondary N) is 1. The van der Waals surface area contributed by atoms with Gasteiger partial charge in [0, 0.05) is 11.3 Å². The number of nitrogens with zero attached hydrogens (tertiary/aromatic N) is 2. The molecule has 0 radical (unpaired) electrons. The summed E-state index contributed by atoms with van der Waals surface area (Å²) >= 11 is 1.14. The quantitative estimate of drug-likeness (QED) is 0.506. The summed E-state index contributed by atoms with van der Waals surface area (Å²) in [5.74, 6) is -0.0831. The number of fused-ring (bicyclic) bond motifs is 1. The molecule has 7 heteroatoms. The molecule has 0 saturated carbocycles. The van der Waals surface area contributed by atoms with Crippen LogP contribution in [-0.2, 0) is 4.79 Å². The fourth-order valence-electron chi connectivity index (χ4n) is 2.57. The molecule has 1 amide bonds. The largest absolute Gasteiger partial charge is 0.411 e. The third-order valence-electron chi connectivity index (χ3n) is 3.86. The van der Waals surface area contributed by atoms with Gasteiger partial charge in [-0.25, -0.2) is 4.39 Å². The van der Waals surface area contributed by atoms with E-state index in [0.29, 0.717) is 5.56 Å². The Morgan fingerprint density at radius 1 is 1.00 bits per heavy atom. The highest BCUT2D eigenvalue weighted by Crippen LogP contribution is 2.24.